The molecule has 0 spiro atoms. The largest absolute Gasteiger partial charge is 0.465 e. The van der Waals surface area contributed by atoms with E-state index in [1.807, 2.05) is 0 Å². The molecular weight excluding hydrogens is 250 g/mol. The van der Waals surface area contributed by atoms with Gasteiger partial charge in [0, 0.05) is 11.3 Å². The number of allylic oxidation sites excluding steroid dienone is 1. The van der Waals surface area contributed by atoms with Gasteiger partial charge in [-0.25, -0.2) is 9.79 Å². The zero-order chi connectivity index (χ0) is 12.7. The van der Waals surface area contributed by atoms with Gasteiger partial charge >= 0.3 is 5.97 Å². The SMILES string of the molecule is COC(=O)C(Cl)=C1[C]=c2cc3c(cc2=N1)CCC3. The van der Waals surface area contributed by atoms with Gasteiger partial charge in [0.05, 0.1) is 18.2 Å². The maximum atomic E-state index is 11.3. The second-order valence-corrected chi connectivity index (χ2v) is 4.76. The molecule has 18 heavy (non-hydrogen) atoms. The van der Waals surface area contributed by atoms with E-state index < -0.39 is 5.97 Å². The number of benzene rings is 1. The maximum absolute atomic E-state index is 11.3. The summed E-state index contributed by atoms with van der Waals surface area (Å²) < 4.78 is 4.57. The average Bonchev–Trinajstić information content (AvgIpc) is 2.98. The topological polar surface area (TPSA) is 38.7 Å². The molecule has 0 unspecified atom stereocenters. The van der Waals surface area contributed by atoms with E-state index in [9.17, 15) is 4.79 Å². The molecule has 1 heterocycles. The van der Waals surface area contributed by atoms with Gasteiger partial charge in [-0.2, -0.15) is 0 Å². The van der Waals surface area contributed by atoms with Crippen LogP contribution in [0.1, 0.15) is 17.5 Å². The Bertz CT molecular complexity index is 643. The fourth-order valence-electron chi connectivity index (χ4n) is 2.37. The Labute approximate surface area is 109 Å². The van der Waals surface area contributed by atoms with Crippen LogP contribution in [0.25, 0.3) is 6.08 Å². The number of nitrogens with zero attached hydrogens (tertiary/aromatic N) is 1. The minimum Gasteiger partial charge on any atom is -0.465 e. The molecule has 1 radical (unpaired) electrons. The van der Waals surface area contributed by atoms with Gasteiger partial charge < -0.3 is 4.74 Å². The lowest BCUT2D eigenvalue weighted by Crippen LogP contribution is -2.22. The number of esters is 1. The second kappa shape index (κ2) is 4.25. The summed E-state index contributed by atoms with van der Waals surface area (Å²) in [5.41, 5.74) is 3.06. The van der Waals surface area contributed by atoms with Crippen LogP contribution in [0.5, 0.6) is 0 Å². The fourth-order valence-corrected chi connectivity index (χ4v) is 2.54. The van der Waals surface area contributed by atoms with E-state index in [2.05, 4.69) is 27.9 Å². The number of rotatable bonds is 1. The standard InChI is InChI=1S/C14H11ClNO2/c1-18-14(17)13(15)12-7-10-5-8-3-2-4-9(8)6-11(10)16-12/h5-6H,2-4H2,1H3. The minimum absolute atomic E-state index is 0.0196. The first-order valence-electron chi connectivity index (χ1n) is 5.81. The predicted molar refractivity (Wildman–Crippen MR) is 67.6 cm³/mol. The second-order valence-electron chi connectivity index (χ2n) is 4.38. The number of ether oxygens (including phenoxy) is 1. The highest BCUT2D eigenvalue weighted by Gasteiger charge is 2.17. The van der Waals surface area contributed by atoms with Crippen molar-refractivity contribution in [3.63, 3.8) is 0 Å². The first-order valence-corrected chi connectivity index (χ1v) is 6.19. The summed E-state index contributed by atoms with van der Waals surface area (Å²) in [6, 6.07) is 4.16. The van der Waals surface area contributed by atoms with Gasteiger partial charge in [0.25, 0.3) is 0 Å². The molecule has 0 fully saturated rings. The summed E-state index contributed by atoms with van der Waals surface area (Å²) in [5, 5.41) is 1.73. The van der Waals surface area contributed by atoms with Crippen LogP contribution >= 0.6 is 11.6 Å². The van der Waals surface area contributed by atoms with Crippen LogP contribution in [-0.4, -0.2) is 13.1 Å². The number of halogens is 1. The van der Waals surface area contributed by atoms with Gasteiger partial charge in [-0.15, -0.1) is 0 Å². The van der Waals surface area contributed by atoms with Crippen molar-refractivity contribution in [3.05, 3.63) is 44.6 Å². The van der Waals surface area contributed by atoms with Crippen molar-refractivity contribution in [1.29, 1.82) is 0 Å². The van der Waals surface area contributed by atoms with E-state index in [-0.39, 0.29) is 5.03 Å². The summed E-state index contributed by atoms with van der Waals surface area (Å²) in [5.74, 6) is -0.580. The predicted octanol–water partition coefficient (Wildman–Crippen LogP) is 1.09. The minimum atomic E-state index is -0.580. The first-order chi connectivity index (χ1) is 8.69. The van der Waals surface area contributed by atoms with Crippen LogP contribution in [0.4, 0.5) is 0 Å². The third-order valence-electron chi connectivity index (χ3n) is 3.27. The van der Waals surface area contributed by atoms with Crippen LogP contribution < -0.4 is 10.6 Å². The van der Waals surface area contributed by atoms with Crippen LogP contribution in [0.3, 0.4) is 0 Å². The van der Waals surface area contributed by atoms with Crippen LogP contribution in [-0.2, 0) is 22.4 Å². The number of fused-ring (bicyclic) bond motifs is 2. The van der Waals surface area contributed by atoms with Crippen molar-refractivity contribution < 1.29 is 9.53 Å². The Morgan fingerprint density at radius 1 is 1.39 bits per heavy atom. The Morgan fingerprint density at radius 2 is 2.11 bits per heavy atom. The van der Waals surface area contributed by atoms with Gasteiger partial charge in [0.2, 0.25) is 0 Å². The highest BCUT2D eigenvalue weighted by atomic mass is 35.5. The molecule has 0 saturated heterocycles. The molecule has 4 heteroatoms. The molecule has 0 N–H and O–H groups in total. The smallest absolute Gasteiger partial charge is 0.351 e. The van der Waals surface area contributed by atoms with E-state index in [0.717, 1.165) is 23.4 Å². The summed E-state index contributed by atoms with van der Waals surface area (Å²) in [7, 11) is 1.29. The monoisotopic (exact) mass is 260 g/mol. The van der Waals surface area contributed by atoms with Crippen LogP contribution in [0.2, 0.25) is 0 Å². The number of aryl methyl sites for hydroxylation is 2. The molecule has 0 saturated carbocycles. The van der Waals surface area contributed by atoms with Crippen LogP contribution in [0.15, 0.2) is 27.9 Å². The number of hydrogen-bond acceptors (Lipinski definition) is 3. The van der Waals surface area contributed by atoms with Crippen molar-refractivity contribution in [3.8, 4) is 0 Å². The van der Waals surface area contributed by atoms with Crippen molar-refractivity contribution in [2.24, 2.45) is 4.99 Å². The molecule has 2 aliphatic rings. The zero-order valence-corrected chi connectivity index (χ0v) is 10.7. The molecule has 0 amide bonds. The van der Waals surface area contributed by atoms with E-state index in [1.54, 1.807) is 0 Å². The third kappa shape index (κ3) is 1.75. The van der Waals surface area contributed by atoms with Gasteiger partial charge in [-0.3, -0.25) is 0 Å². The third-order valence-corrected chi connectivity index (χ3v) is 3.60. The molecular formula is C14H11ClNO2. The molecule has 3 nitrogen and oxygen atoms in total. The van der Waals surface area contributed by atoms with Crippen LogP contribution in [0, 0.1) is 0 Å². The van der Waals surface area contributed by atoms with E-state index >= 15 is 0 Å². The van der Waals surface area contributed by atoms with Gasteiger partial charge in [0.15, 0.2) is 5.03 Å². The molecule has 3 rings (SSSR count). The molecule has 91 valence electrons. The van der Waals surface area contributed by atoms with E-state index in [4.69, 9.17) is 11.6 Å². The number of methoxy groups -OCH3 is 1. The Kier molecular flexibility index (Phi) is 2.71. The van der Waals surface area contributed by atoms with Gasteiger partial charge in [-0.05, 0) is 42.5 Å². The normalized spacial score (nSPS) is 18.6. The number of hydrogen-bond donors (Lipinski definition) is 0. The first kappa shape index (κ1) is 11.5. The number of carbonyl (C=O) groups excluding carboxylic acids is 1. The average molecular weight is 261 g/mol. The van der Waals surface area contributed by atoms with Crippen molar-refractivity contribution in [2.75, 3.05) is 7.11 Å². The number of carbonyl (C=O) groups is 1. The molecule has 1 aromatic carbocycles. The summed E-state index contributed by atoms with van der Waals surface area (Å²) in [6.45, 7) is 0. The lowest BCUT2D eigenvalue weighted by Gasteiger charge is -1.96. The molecule has 0 aromatic heterocycles. The van der Waals surface area contributed by atoms with Crippen molar-refractivity contribution >= 4 is 23.6 Å². The Morgan fingerprint density at radius 3 is 2.83 bits per heavy atom. The lowest BCUT2D eigenvalue weighted by atomic mass is 10.1. The van der Waals surface area contributed by atoms with E-state index in [0.29, 0.717) is 5.70 Å². The summed E-state index contributed by atoms with van der Waals surface area (Å²) >= 11 is 5.90. The Balaban J connectivity index is 2.14. The molecule has 0 bridgehead atoms. The zero-order valence-electron chi connectivity index (χ0n) is 9.92. The molecule has 1 aromatic rings. The maximum Gasteiger partial charge on any atom is 0.351 e. The Hall–Kier alpha value is -1.61. The lowest BCUT2D eigenvalue weighted by molar-refractivity contribution is -0.135. The molecule has 1 aliphatic carbocycles. The van der Waals surface area contributed by atoms with Crippen molar-refractivity contribution in [1.82, 2.24) is 0 Å². The fraction of sp³-hybridized carbons (Fsp3) is 0.286. The van der Waals surface area contributed by atoms with Crippen molar-refractivity contribution in [2.45, 2.75) is 19.3 Å². The highest BCUT2D eigenvalue weighted by Crippen LogP contribution is 2.20. The molecule has 1 aliphatic heterocycles. The highest BCUT2D eigenvalue weighted by molar-refractivity contribution is 6.42. The summed E-state index contributed by atoms with van der Waals surface area (Å²) in [6.07, 6.45) is 6.46. The van der Waals surface area contributed by atoms with Gasteiger partial charge in [0.1, 0.15) is 0 Å². The quantitative estimate of drug-likeness (QED) is 0.560. The molecule has 0 atom stereocenters. The van der Waals surface area contributed by atoms with Gasteiger partial charge in [-0.1, -0.05) is 11.6 Å². The van der Waals surface area contributed by atoms with E-state index in [1.165, 1.54) is 24.7 Å². The summed E-state index contributed by atoms with van der Waals surface area (Å²) in [4.78, 5) is 15.7.